The second-order valence-corrected chi connectivity index (χ2v) is 5.29. The molecule has 0 N–H and O–H groups in total. The van der Waals surface area contributed by atoms with Crippen LogP contribution >= 0.6 is 0 Å². The standard InChI is InChI=1S/C15H23F3N2O/c1-2-3-4-5-6-7-8-9-10-20-12-13(11-19-20)14(21)15(16,17)18/h11-12H,2-10H2,1H3. The van der Waals surface area contributed by atoms with E-state index in [4.69, 9.17) is 0 Å². The third kappa shape index (κ3) is 6.78. The molecule has 0 aliphatic carbocycles. The van der Waals surface area contributed by atoms with Crippen molar-refractivity contribution < 1.29 is 18.0 Å². The lowest BCUT2D eigenvalue weighted by molar-refractivity contribution is -0.0885. The van der Waals surface area contributed by atoms with E-state index in [2.05, 4.69) is 12.0 Å². The molecule has 21 heavy (non-hydrogen) atoms. The van der Waals surface area contributed by atoms with E-state index in [1.54, 1.807) is 0 Å². The van der Waals surface area contributed by atoms with E-state index in [-0.39, 0.29) is 5.56 Å². The van der Waals surface area contributed by atoms with Gasteiger partial charge in [-0.15, -0.1) is 0 Å². The molecular formula is C15H23F3N2O. The van der Waals surface area contributed by atoms with Gasteiger partial charge in [-0.2, -0.15) is 18.3 Å². The first-order valence-corrected chi connectivity index (χ1v) is 7.59. The minimum absolute atomic E-state index is 0.387. The predicted octanol–water partition coefficient (Wildman–Crippen LogP) is 4.77. The van der Waals surface area contributed by atoms with E-state index in [1.165, 1.54) is 43.0 Å². The highest BCUT2D eigenvalue weighted by Gasteiger charge is 2.39. The fourth-order valence-electron chi connectivity index (χ4n) is 2.17. The zero-order valence-corrected chi connectivity index (χ0v) is 12.5. The van der Waals surface area contributed by atoms with Gasteiger partial charge in [0.05, 0.1) is 11.8 Å². The fraction of sp³-hybridized carbons (Fsp3) is 0.733. The zero-order chi connectivity index (χ0) is 15.7. The Morgan fingerprint density at radius 3 is 2.24 bits per heavy atom. The second kappa shape index (κ2) is 8.85. The van der Waals surface area contributed by atoms with Crippen molar-refractivity contribution in [1.29, 1.82) is 0 Å². The number of unbranched alkanes of at least 4 members (excludes halogenated alkanes) is 7. The molecule has 0 aromatic carbocycles. The second-order valence-electron chi connectivity index (χ2n) is 5.29. The summed E-state index contributed by atoms with van der Waals surface area (Å²) in [6.07, 6.45) is 6.63. The molecule has 0 aliphatic heterocycles. The molecule has 0 aliphatic rings. The summed E-state index contributed by atoms with van der Waals surface area (Å²) in [7, 11) is 0. The lowest BCUT2D eigenvalue weighted by atomic mass is 10.1. The molecule has 0 saturated carbocycles. The molecule has 120 valence electrons. The summed E-state index contributed by atoms with van der Waals surface area (Å²) in [5.41, 5.74) is -0.387. The third-order valence-corrected chi connectivity index (χ3v) is 3.39. The van der Waals surface area contributed by atoms with Gasteiger partial charge in [0, 0.05) is 12.7 Å². The molecule has 0 bridgehead atoms. The number of carbonyl (C=O) groups is 1. The summed E-state index contributed by atoms with van der Waals surface area (Å²) < 4.78 is 38.1. The van der Waals surface area contributed by atoms with Gasteiger partial charge in [-0.1, -0.05) is 51.9 Å². The van der Waals surface area contributed by atoms with Crippen LogP contribution in [0.5, 0.6) is 0 Å². The maximum atomic E-state index is 12.2. The Morgan fingerprint density at radius 2 is 1.67 bits per heavy atom. The molecule has 0 spiro atoms. The Bertz CT molecular complexity index is 427. The largest absolute Gasteiger partial charge is 0.454 e. The van der Waals surface area contributed by atoms with Crippen molar-refractivity contribution >= 4 is 5.78 Å². The van der Waals surface area contributed by atoms with E-state index >= 15 is 0 Å². The van der Waals surface area contributed by atoms with Gasteiger partial charge >= 0.3 is 6.18 Å². The molecule has 0 unspecified atom stereocenters. The maximum absolute atomic E-state index is 12.2. The van der Waals surface area contributed by atoms with Crippen molar-refractivity contribution in [2.45, 2.75) is 71.0 Å². The Morgan fingerprint density at radius 1 is 1.10 bits per heavy atom. The van der Waals surface area contributed by atoms with Crippen molar-refractivity contribution in [2.75, 3.05) is 0 Å². The zero-order valence-electron chi connectivity index (χ0n) is 12.5. The SMILES string of the molecule is CCCCCCCCCCn1cc(C(=O)C(F)(F)F)cn1. The number of ketones is 1. The summed E-state index contributed by atoms with van der Waals surface area (Å²) in [4.78, 5) is 11.0. The van der Waals surface area contributed by atoms with Crippen LogP contribution in [0.25, 0.3) is 0 Å². The number of Topliss-reactive ketones (excluding diaryl/α,β-unsaturated/α-hetero) is 1. The molecule has 1 rings (SSSR count). The first-order chi connectivity index (χ1) is 9.95. The maximum Gasteiger partial charge on any atom is 0.454 e. The summed E-state index contributed by atoms with van der Waals surface area (Å²) in [6.45, 7) is 2.74. The third-order valence-electron chi connectivity index (χ3n) is 3.39. The average Bonchev–Trinajstić information content (AvgIpc) is 2.88. The van der Waals surface area contributed by atoms with Crippen LogP contribution in [0, 0.1) is 0 Å². The Hall–Kier alpha value is -1.33. The van der Waals surface area contributed by atoms with E-state index in [1.807, 2.05) is 0 Å². The monoisotopic (exact) mass is 304 g/mol. The van der Waals surface area contributed by atoms with Crippen molar-refractivity contribution in [3.8, 4) is 0 Å². The van der Waals surface area contributed by atoms with Crippen LogP contribution < -0.4 is 0 Å². The highest BCUT2D eigenvalue weighted by Crippen LogP contribution is 2.21. The molecule has 3 nitrogen and oxygen atoms in total. The minimum Gasteiger partial charge on any atom is -0.284 e. The predicted molar refractivity (Wildman–Crippen MR) is 75.2 cm³/mol. The lowest BCUT2D eigenvalue weighted by Gasteiger charge is -2.03. The van der Waals surface area contributed by atoms with Crippen LogP contribution in [-0.2, 0) is 6.54 Å². The first-order valence-electron chi connectivity index (χ1n) is 7.59. The Labute approximate surface area is 123 Å². The van der Waals surface area contributed by atoms with Crippen molar-refractivity contribution in [3.05, 3.63) is 18.0 Å². The molecule has 1 aromatic rings. The summed E-state index contributed by atoms with van der Waals surface area (Å²) >= 11 is 0. The number of alkyl halides is 3. The number of rotatable bonds is 10. The molecule has 0 amide bonds. The highest BCUT2D eigenvalue weighted by molar-refractivity contribution is 5.99. The molecule has 1 aromatic heterocycles. The van der Waals surface area contributed by atoms with Gasteiger partial charge in [0.15, 0.2) is 0 Å². The Balaban J connectivity index is 2.19. The van der Waals surface area contributed by atoms with E-state index < -0.39 is 12.0 Å². The Kier molecular flexibility index (Phi) is 7.47. The van der Waals surface area contributed by atoms with Gasteiger partial charge in [-0.3, -0.25) is 9.48 Å². The van der Waals surface area contributed by atoms with Gasteiger partial charge in [0.25, 0.3) is 5.78 Å². The topological polar surface area (TPSA) is 34.9 Å². The molecule has 6 heteroatoms. The smallest absolute Gasteiger partial charge is 0.284 e. The summed E-state index contributed by atoms with van der Waals surface area (Å²) in [6, 6.07) is 0. The number of nitrogens with zero attached hydrogens (tertiary/aromatic N) is 2. The van der Waals surface area contributed by atoms with Crippen molar-refractivity contribution in [2.24, 2.45) is 0 Å². The van der Waals surface area contributed by atoms with Gasteiger partial charge in [-0.25, -0.2) is 0 Å². The quantitative estimate of drug-likeness (QED) is 0.461. The molecule has 0 radical (unpaired) electrons. The first kappa shape index (κ1) is 17.7. The van der Waals surface area contributed by atoms with Crippen LogP contribution in [0.4, 0.5) is 13.2 Å². The van der Waals surface area contributed by atoms with Gasteiger partial charge in [-0.05, 0) is 6.42 Å². The molecule has 0 atom stereocenters. The fourth-order valence-corrected chi connectivity index (χ4v) is 2.17. The van der Waals surface area contributed by atoms with Gasteiger partial charge in [0.1, 0.15) is 0 Å². The number of hydrogen-bond acceptors (Lipinski definition) is 2. The summed E-state index contributed by atoms with van der Waals surface area (Å²) in [5.74, 6) is -1.83. The van der Waals surface area contributed by atoms with Crippen LogP contribution in [0.3, 0.4) is 0 Å². The van der Waals surface area contributed by atoms with Gasteiger partial charge < -0.3 is 0 Å². The summed E-state index contributed by atoms with van der Waals surface area (Å²) in [5, 5.41) is 3.80. The number of aryl methyl sites for hydroxylation is 1. The lowest BCUT2D eigenvalue weighted by Crippen LogP contribution is -2.22. The van der Waals surface area contributed by atoms with Crippen LogP contribution in [-0.4, -0.2) is 21.7 Å². The number of halogens is 3. The van der Waals surface area contributed by atoms with Gasteiger partial charge in [0.2, 0.25) is 0 Å². The number of hydrogen-bond donors (Lipinski definition) is 0. The molecule has 0 fully saturated rings. The van der Waals surface area contributed by atoms with E-state index in [0.717, 1.165) is 25.5 Å². The van der Waals surface area contributed by atoms with E-state index in [9.17, 15) is 18.0 Å². The van der Waals surface area contributed by atoms with Crippen molar-refractivity contribution in [3.63, 3.8) is 0 Å². The normalized spacial score (nSPS) is 11.8. The van der Waals surface area contributed by atoms with Crippen LogP contribution in [0.2, 0.25) is 0 Å². The van der Waals surface area contributed by atoms with E-state index in [0.29, 0.717) is 6.54 Å². The van der Waals surface area contributed by atoms with Crippen LogP contribution in [0.15, 0.2) is 12.4 Å². The number of carbonyl (C=O) groups excluding carboxylic acids is 1. The molecular weight excluding hydrogens is 281 g/mol. The molecule has 0 saturated heterocycles. The van der Waals surface area contributed by atoms with Crippen molar-refractivity contribution in [1.82, 2.24) is 9.78 Å². The minimum atomic E-state index is -4.83. The molecule has 1 heterocycles. The highest BCUT2D eigenvalue weighted by atomic mass is 19.4. The van der Waals surface area contributed by atoms with Crippen LogP contribution in [0.1, 0.15) is 68.6 Å². The average molecular weight is 304 g/mol. The number of aromatic nitrogens is 2.